The van der Waals surface area contributed by atoms with E-state index in [1.807, 2.05) is 13.8 Å². The Morgan fingerprint density at radius 3 is 2.65 bits per heavy atom. The molecule has 0 aromatic carbocycles. The quantitative estimate of drug-likeness (QED) is 0.428. The molecular formula is C32H50O5. The van der Waals surface area contributed by atoms with Gasteiger partial charge in [0.05, 0.1) is 17.8 Å². The molecule has 1 unspecified atom stereocenters. The van der Waals surface area contributed by atoms with Crippen LogP contribution in [0, 0.1) is 34.5 Å². The number of hydrogen-bond acceptors (Lipinski definition) is 5. The number of allylic oxidation sites excluding steroid dienone is 3. The van der Waals surface area contributed by atoms with Crippen LogP contribution in [0.2, 0.25) is 0 Å². The molecule has 1 heterocycles. The summed E-state index contributed by atoms with van der Waals surface area (Å²) in [7, 11) is 0. The van der Waals surface area contributed by atoms with Crippen LogP contribution in [0.3, 0.4) is 0 Å². The summed E-state index contributed by atoms with van der Waals surface area (Å²) >= 11 is 0. The third-order valence-electron chi connectivity index (χ3n) is 11.2. The Morgan fingerprint density at radius 1 is 1.14 bits per heavy atom. The van der Waals surface area contributed by atoms with E-state index in [-0.39, 0.29) is 17.1 Å². The molecule has 0 aromatic rings. The average Bonchev–Trinajstić information content (AvgIpc) is 3.17. The summed E-state index contributed by atoms with van der Waals surface area (Å²) in [5.41, 5.74) is 2.20. The molecule has 4 aliphatic carbocycles. The number of hydrogen-bond donors (Lipinski definition) is 2. The second-order valence-electron chi connectivity index (χ2n) is 14.2. The van der Waals surface area contributed by atoms with Crippen LogP contribution >= 0.6 is 0 Å². The van der Waals surface area contributed by atoms with Gasteiger partial charge in [-0.15, -0.1) is 0 Å². The zero-order chi connectivity index (χ0) is 26.6. The van der Waals surface area contributed by atoms with Crippen LogP contribution in [0.25, 0.3) is 0 Å². The average molecular weight is 515 g/mol. The number of aliphatic hydroxyl groups is 2. The summed E-state index contributed by atoms with van der Waals surface area (Å²) in [6.45, 7) is 11.8. The maximum absolute atomic E-state index is 13.2. The Kier molecular flexibility index (Phi) is 7.59. The van der Waals surface area contributed by atoms with Crippen molar-refractivity contribution in [1.29, 1.82) is 0 Å². The van der Waals surface area contributed by atoms with Crippen LogP contribution in [0.5, 0.6) is 0 Å². The Bertz CT molecular complexity index is 929. The zero-order valence-electron chi connectivity index (χ0n) is 23.8. The summed E-state index contributed by atoms with van der Waals surface area (Å²) in [5, 5.41) is 21.4. The van der Waals surface area contributed by atoms with Gasteiger partial charge in [-0.1, -0.05) is 44.1 Å². The van der Waals surface area contributed by atoms with Crippen LogP contribution in [0.15, 0.2) is 23.3 Å². The molecule has 1 aliphatic heterocycles. The lowest BCUT2D eigenvalue weighted by Crippen LogP contribution is -2.52. The smallest absolute Gasteiger partial charge is 0.158 e. The molecule has 0 spiro atoms. The highest BCUT2D eigenvalue weighted by molar-refractivity contribution is 5.79. The van der Waals surface area contributed by atoms with Gasteiger partial charge in [-0.25, -0.2) is 0 Å². The molecule has 208 valence electrons. The van der Waals surface area contributed by atoms with Gasteiger partial charge in [-0.2, -0.15) is 0 Å². The van der Waals surface area contributed by atoms with Gasteiger partial charge in [0, 0.05) is 31.3 Å². The molecule has 37 heavy (non-hydrogen) atoms. The normalized spacial score (nSPS) is 42.7. The monoisotopic (exact) mass is 514 g/mol. The topological polar surface area (TPSA) is 76.0 Å². The SMILES string of the molecule is C[C@H](CC(=O)CC(C)(C)OC1CCCCO1)[C@H]1CC[C@H]2C3=CC=C4C[C@@H](O)C[C@H](O)[C@]4(C)[C@H]3CC[C@]12C. The van der Waals surface area contributed by atoms with Crippen LogP contribution in [0.1, 0.15) is 105 Å². The summed E-state index contributed by atoms with van der Waals surface area (Å²) in [5.74, 6) is 2.07. The van der Waals surface area contributed by atoms with E-state index < -0.39 is 17.8 Å². The molecule has 9 atom stereocenters. The number of carbonyl (C=O) groups excluding carboxylic acids is 1. The van der Waals surface area contributed by atoms with Gasteiger partial charge in [0.15, 0.2) is 6.29 Å². The van der Waals surface area contributed by atoms with Crippen LogP contribution < -0.4 is 0 Å². The van der Waals surface area contributed by atoms with Crippen molar-refractivity contribution >= 4 is 5.78 Å². The Hall–Kier alpha value is -1.01. The first-order valence-corrected chi connectivity index (χ1v) is 15.0. The van der Waals surface area contributed by atoms with Crippen molar-refractivity contribution in [3.05, 3.63) is 23.3 Å². The fourth-order valence-electron chi connectivity index (χ4n) is 9.27. The Labute approximate surface area is 224 Å². The molecule has 1 saturated heterocycles. The van der Waals surface area contributed by atoms with Gasteiger partial charge in [-0.3, -0.25) is 4.79 Å². The maximum Gasteiger partial charge on any atom is 0.158 e. The molecular weight excluding hydrogens is 464 g/mol. The van der Waals surface area contributed by atoms with Crippen LogP contribution in [0.4, 0.5) is 0 Å². The van der Waals surface area contributed by atoms with E-state index in [1.165, 1.54) is 24.0 Å². The standard InChI is InChI=1S/C32H50O5/c1-20(16-23(34)19-30(2,3)37-29-8-6-7-15-36-29)25-11-12-26-24-10-9-21-17-22(33)18-28(35)32(21,5)27(24)13-14-31(25,26)4/h9-10,20,22,25-29,33,35H,6-8,11-19H2,1-5H3/t20-,22-,25-,26+,27+,28+,29?,31-,32+/m1/s1. The van der Waals surface area contributed by atoms with E-state index >= 15 is 0 Å². The van der Waals surface area contributed by atoms with Gasteiger partial charge in [-0.05, 0) is 94.3 Å². The van der Waals surface area contributed by atoms with E-state index in [2.05, 4.69) is 32.9 Å². The molecule has 4 fully saturated rings. The highest BCUT2D eigenvalue weighted by Crippen LogP contribution is 2.66. The first kappa shape index (κ1) is 27.6. The van der Waals surface area contributed by atoms with Gasteiger partial charge in [0.1, 0.15) is 5.78 Å². The third-order valence-corrected chi connectivity index (χ3v) is 11.2. The van der Waals surface area contributed by atoms with Crippen molar-refractivity contribution in [2.75, 3.05) is 6.61 Å². The lowest BCUT2D eigenvalue weighted by Gasteiger charge is -2.56. The van der Waals surface area contributed by atoms with E-state index in [0.717, 1.165) is 38.7 Å². The number of carbonyl (C=O) groups is 1. The second-order valence-corrected chi connectivity index (χ2v) is 14.2. The van der Waals surface area contributed by atoms with Crippen molar-refractivity contribution in [1.82, 2.24) is 0 Å². The van der Waals surface area contributed by atoms with Gasteiger partial charge in [0.25, 0.3) is 0 Å². The molecule has 5 rings (SSSR count). The van der Waals surface area contributed by atoms with E-state index in [4.69, 9.17) is 9.47 Å². The lowest BCUT2D eigenvalue weighted by molar-refractivity contribution is -0.216. The Balaban J connectivity index is 1.25. The van der Waals surface area contributed by atoms with Crippen molar-refractivity contribution < 1.29 is 24.5 Å². The highest BCUT2D eigenvalue weighted by Gasteiger charge is 2.59. The van der Waals surface area contributed by atoms with Crippen molar-refractivity contribution in [2.24, 2.45) is 34.5 Å². The predicted octanol–water partition coefficient (Wildman–Crippen LogP) is 6.12. The van der Waals surface area contributed by atoms with Crippen LogP contribution in [-0.4, -0.2) is 46.7 Å². The summed E-state index contributed by atoms with van der Waals surface area (Å²) < 4.78 is 12.0. The molecule has 0 bridgehead atoms. The third kappa shape index (κ3) is 5.03. The molecule has 5 nitrogen and oxygen atoms in total. The molecule has 2 N–H and O–H groups in total. The maximum atomic E-state index is 13.2. The fraction of sp³-hybridized carbons (Fsp3) is 0.844. The minimum Gasteiger partial charge on any atom is -0.393 e. The second kappa shape index (κ2) is 10.2. The zero-order valence-corrected chi connectivity index (χ0v) is 23.8. The summed E-state index contributed by atoms with van der Waals surface area (Å²) in [6, 6.07) is 0. The lowest BCUT2D eigenvalue weighted by atomic mass is 9.49. The molecule has 0 amide bonds. The molecule has 0 radical (unpaired) electrons. The largest absolute Gasteiger partial charge is 0.393 e. The minimum atomic E-state index is -0.500. The van der Waals surface area contributed by atoms with Crippen molar-refractivity contribution in [3.63, 3.8) is 0 Å². The number of fused-ring (bicyclic) bond motifs is 5. The summed E-state index contributed by atoms with van der Waals surface area (Å²) in [4.78, 5) is 13.2. The molecule has 3 saturated carbocycles. The van der Waals surface area contributed by atoms with Gasteiger partial charge >= 0.3 is 0 Å². The first-order valence-electron chi connectivity index (χ1n) is 15.0. The fourth-order valence-corrected chi connectivity index (χ4v) is 9.27. The number of aliphatic hydroxyl groups excluding tert-OH is 2. The minimum absolute atomic E-state index is 0.176. The highest BCUT2D eigenvalue weighted by atomic mass is 16.7. The van der Waals surface area contributed by atoms with Crippen molar-refractivity contribution in [2.45, 2.75) is 129 Å². The number of ketones is 1. The predicted molar refractivity (Wildman–Crippen MR) is 145 cm³/mol. The first-order chi connectivity index (χ1) is 17.4. The molecule has 0 aromatic heterocycles. The number of Topliss-reactive ketones (excluding diaryl/α,β-unsaturated/α-hetero) is 1. The van der Waals surface area contributed by atoms with E-state index in [9.17, 15) is 15.0 Å². The van der Waals surface area contributed by atoms with Gasteiger partial charge in [0.2, 0.25) is 0 Å². The molecule has 5 aliphatic rings. The molecule has 5 heteroatoms. The van der Waals surface area contributed by atoms with Crippen LogP contribution in [-0.2, 0) is 14.3 Å². The van der Waals surface area contributed by atoms with E-state index in [1.54, 1.807) is 0 Å². The Morgan fingerprint density at radius 2 is 1.92 bits per heavy atom. The van der Waals surface area contributed by atoms with E-state index in [0.29, 0.717) is 55.1 Å². The van der Waals surface area contributed by atoms with Gasteiger partial charge < -0.3 is 19.7 Å². The number of rotatable bonds is 7. The summed E-state index contributed by atoms with van der Waals surface area (Å²) in [6.07, 6.45) is 13.4. The number of ether oxygens (including phenoxy) is 2. The van der Waals surface area contributed by atoms with Crippen molar-refractivity contribution in [3.8, 4) is 0 Å².